The standard InChI is InChI=1S/C16H21ClN2O2.ClH/c17-14-5-3-12(4-6-14)15-11-19(8-9-21-15)16(20)13-2-1-7-18-10-13;/h3-6,13,15,18H,1-2,7-11H2;1H. The van der Waals surface area contributed by atoms with Crippen molar-refractivity contribution in [2.45, 2.75) is 18.9 Å². The summed E-state index contributed by atoms with van der Waals surface area (Å²) < 4.78 is 5.82. The number of rotatable bonds is 2. The first-order chi connectivity index (χ1) is 10.2. The minimum Gasteiger partial charge on any atom is -0.370 e. The van der Waals surface area contributed by atoms with Gasteiger partial charge in [-0.15, -0.1) is 12.4 Å². The molecule has 0 aromatic heterocycles. The summed E-state index contributed by atoms with van der Waals surface area (Å²) in [6, 6.07) is 7.68. The Balaban J connectivity index is 0.00000176. The zero-order chi connectivity index (χ0) is 14.7. The van der Waals surface area contributed by atoms with E-state index in [9.17, 15) is 4.79 Å². The molecule has 0 saturated carbocycles. The molecule has 0 bridgehead atoms. The number of morpholine rings is 1. The number of carbonyl (C=O) groups excluding carboxylic acids is 1. The van der Waals surface area contributed by atoms with E-state index in [0.29, 0.717) is 19.7 Å². The van der Waals surface area contributed by atoms with Crippen molar-refractivity contribution in [1.29, 1.82) is 0 Å². The molecule has 6 heteroatoms. The monoisotopic (exact) mass is 344 g/mol. The number of amides is 1. The van der Waals surface area contributed by atoms with Gasteiger partial charge in [-0.3, -0.25) is 4.79 Å². The molecule has 22 heavy (non-hydrogen) atoms. The summed E-state index contributed by atoms with van der Waals surface area (Å²) in [6.07, 6.45) is 2.03. The third-order valence-corrected chi connectivity index (χ3v) is 4.52. The largest absolute Gasteiger partial charge is 0.370 e. The van der Waals surface area contributed by atoms with Crippen LogP contribution in [0.1, 0.15) is 24.5 Å². The third kappa shape index (κ3) is 4.13. The lowest BCUT2D eigenvalue weighted by molar-refractivity contribution is -0.143. The van der Waals surface area contributed by atoms with E-state index < -0.39 is 0 Å². The topological polar surface area (TPSA) is 41.6 Å². The highest BCUT2D eigenvalue weighted by molar-refractivity contribution is 6.30. The van der Waals surface area contributed by atoms with E-state index in [-0.39, 0.29) is 30.3 Å². The van der Waals surface area contributed by atoms with Crippen LogP contribution in [0.4, 0.5) is 0 Å². The van der Waals surface area contributed by atoms with Crippen molar-refractivity contribution in [3.05, 3.63) is 34.9 Å². The van der Waals surface area contributed by atoms with Gasteiger partial charge in [-0.2, -0.15) is 0 Å². The maximum Gasteiger partial charge on any atom is 0.227 e. The van der Waals surface area contributed by atoms with E-state index in [2.05, 4.69) is 5.32 Å². The Bertz CT molecular complexity index is 489. The molecule has 0 spiro atoms. The van der Waals surface area contributed by atoms with E-state index >= 15 is 0 Å². The van der Waals surface area contributed by atoms with Gasteiger partial charge in [-0.05, 0) is 37.1 Å². The summed E-state index contributed by atoms with van der Waals surface area (Å²) >= 11 is 5.92. The van der Waals surface area contributed by atoms with Crippen LogP contribution in [-0.4, -0.2) is 43.6 Å². The van der Waals surface area contributed by atoms with Gasteiger partial charge in [-0.25, -0.2) is 0 Å². The van der Waals surface area contributed by atoms with Crippen LogP contribution in [0.3, 0.4) is 0 Å². The average molecular weight is 345 g/mol. The Hall–Kier alpha value is -0.810. The molecule has 2 unspecified atom stereocenters. The number of nitrogens with one attached hydrogen (secondary N) is 1. The summed E-state index contributed by atoms with van der Waals surface area (Å²) in [7, 11) is 0. The van der Waals surface area contributed by atoms with Crippen LogP contribution in [0.5, 0.6) is 0 Å². The van der Waals surface area contributed by atoms with Crippen LogP contribution < -0.4 is 5.32 Å². The molecule has 2 saturated heterocycles. The minimum absolute atomic E-state index is 0. The Morgan fingerprint density at radius 2 is 2.09 bits per heavy atom. The Morgan fingerprint density at radius 1 is 1.32 bits per heavy atom. The first-order valence-corrected chi connectivity index (χ1v) is 7.98. The van der Waals surface area contributed by atoms with Gasteiger partial charge in [0.05, 0.1) is 19.1 Å². The summed E-state index contributed by atoms with van der Waals surface area (Å²) in [4.78, 5) is 14.6. The van der Waals surface area contributed by atoms with Gasteiger partial charge >= 0.3 is 0 Å². The normalized spacial score (nSPS) is 25.4. The Morgan fingerprint density at radius 3 is 2.77 bits per heavy atom. The van der Waals surface area contributed by atoms with Crippen molar-refractivity contribution in [2.75, 3.05) is 32.8 Å². The molecule has 3 rings (SSSR count). The van der Waals surface area contributed by atoms with E-state index in [1.165, 1.54) is 0 Å². The quantitative estimate of drug-likeness (QED) is 0.896. The van der Waals surface area contributed by atoms with E-state index in [4.69, 9.17) is 16.3 Å². The number of halogens is 2. The SMILES string of the molecule is Cl.O=C(C1CCCNC1)N1CCOC(c2ccc(Cl)cc2)C1. The van der Waals surface area contributed by atoms with E-state index in [1.54, 1.807) is 0 Å². The molecule has 2 fully saturated rings. The second kappa shape index (κ2) is 8.16. The van der Waals surface area contributed by atoms with Crippen LogP contribution in [0.15, 0.2) is 24.3 Å². The maximum atomic E-state index is 12.6. The molecule has 4 nitrogen and oxygen atoms in total. The van der Waals surface area contributed by atoms with Crippen LogP contribution in [0.2, 0.25) is 5.02 Å². The first-order valence-electron chi connectivity index (χ1n) is 7.60. The predicted molar refractivity (Wildman–Crippen MR) is 89.6 cm³/mol. The lowest BCUT2D eigenvalue weighted by atomic mass is 9.97. The summed E-state index contributed by atoms with van der Waals surface area (Å²) in [5, 5.41) is 4.03. The Labute approximate surface area is 142 Å². The van der Waals surface area contributed by atoms with Gasteiger partial charge in [0.1, 0.15) is 6.10 Å². The lowest BCUT2D eigenvalue weighted by Gasteiger charge is -2.36. The van der Waals surface area contributed by atoms with Crippen molar-refractivity contribution in [3.8, 4) is 0 Å². The third-order valence-electron chi connectivity index (χ3n) is 4.27. The summed E-state index contributed by atoms with van der Waals surface area (Å²) in [5.41, 5.74) is 1.08. The first kappa shape index (κ1) is 17.5. The molecule has 1 aromatic rings. The van der Waals surface area contributed by atoms with E-state index in [0.717, 1.165) is 36.5 Å². The maximum absolute atomic E-state index is 12.6. The van der Waals surface area contributed by atoms with Crippen molar-refractivity contribution < 1.29 is 9.53 Å². The lowest BCUT2D eigenvalue weighted by Crippen LogP contribution is -2.48. The van der Waals surface area contributed by atoms with Gasteiger partial charge in [-0.1, -0.05) is 23.7 Å². The van der Waals surface area contributed by atoms with Gasteiger partial charge in [0.25, 0.3) is 0 Å². The van der Waals surface area contributed by atoms with E-state index in [1.807, 2.05) is 29.2 Å². The highest BCUT2D eigenvalue weighted by Gasteiger charge is 2.30. The molecule has 2 aliphatic rings. The van der Waals surface area contributed by atoms with Crippen molar-refractivity contribution in [2.24, 2.45) is 5.92 Å². The van der Waals surface area contributed by atoms with Crippen molar-refractivity contribution in [1.82, 2.24) is 10.2 Å². The fourth-order valence-electron chi connectivity index (χ4n) is 3.05. The van der Waals surface area contributed by atoms with Gasteiger partial charge in [0.2, 0.25) is 5.91 Å². The summed E-state index contributed by atoms with van der Waals surface area (Å²) in [5.74, 6) is 0.396. The number of nitrogens with zero attached hydrogens (tertiary/aromatic N) is 1. The highest BCUT2D eigenvalue weighted by atomic mass is 35.5. The summed E-state index contributed by atoms with van der Waals surface area (Å²) in [6.45, 7) is 3.76. The molecular formula is C16H22Cl2N2O2. The van der Waals surface area contributed by atoms with Crippen LogP contribution >= 0.6 is 24.0 Å². The van der Waals surface area contributed by atoms with Crippen LogP contribution in [0.25, 0.3) is 0 Å². The number of carbonyl (C=O) groups is 1. The molecule has 1 N–H and O–H groups in total. The average Bonchev–Trinajstić information content (AvgIpc) is 2.56. The Kier molecular flexibility index (Phi) is 6.50. The fourth-order valence-corrected chi connectivity index (χ4v) is 3.18. The molecule has 2 aliphatic heterocycles. The molecule has 0 radical (unpaired) electrons. The van der Waals surface area contributed by atoms with Crippen LogP contribution in [0, 0.1) is 5.92 Å². The van der Waals surface area contributed by atoms with Crippen LogP contribution in [-0.2, 0) is 9.53 Å². The molecule has 0 aliphatic carbocycles. The number of piperidine rings is 1. The second-order valence-corrected chi connectivity index (χ2v) is 6.17. The molecular weight excluding hydrogens is 323 g/mol. The molecule has 2 atom stereocenters. The van der Waals surface area contributed by atoms with Gasteiger partial charge in [0, 0.05) is 18.1 Å². The molecule has 2 heterocycles. The van der Waals surface area contributed by atoms with Gasteiger partial charge < -0.3 is 15.0 Å². The molecule has 122 valence electrons. The smallest absolute Gasteiger partial charge is 0.227 e. The van der Waals surface area contributed by atoms with Crippen molar-refractivity contribution >= 4 is 29.9 Å². The molecule has 1 amide bonds. The zero-order valence-electron chi connectivity index (χ0n) is 12.5. The second-order valence-electron chi connectivity index (χ2n) is 5.74. The minimum atomic E-state index is -0.0449. The number of ether oxygens (including phenoxy) is 1. The van der Waals surface area contributed by atoms with Gasteiger partial charge in [0.15, 0.2) is 0 Å². The number of benzene rings is 1. The number of hydrogen-bond donors (Lipinski definition) is 1. The molecule has 1 aromatic carbocycles. The van der Waals surface area contributed by atoms with Crippen molar-refractivity contribution in [3.63, 3.8) is 0 Å². The zero-order valence-corrected chi connectivity index (χ0v) is 14.0. The predicted octanol–water partition coefficient (Wildman–Crippen LogP) is 2.66. The number of hydrogen-bond acceptors (Lipinski definition) is 3. The highest BCUT2D eigenvalue weighted by Crippen LogP contribution is 2.25. The fraction of sp³-hybridized carbons (Fsp3) is 0.562.